The highest BCUT2D eigenvalue weighted by Gasteiger charge is 2.30. The van der Waals surface area contributed by atoms with E-state index in [2.05, 4.69) is 46.3 Å². The molecule has 0 bridgehead atoms. The third-order valence-electron chi connectivity index (χ3n) is 8.71. The number of anilines is 2. The fraction of sp³-hybridized carbons (Fsp3) is 0.382. The van der Waals surface area contributed by atoms with Gasteiger partial charge in [0.15, 0.2) is 0 Å². The van der Waals surface area contributed by atoms with E-state index in [-0.39, 0.29) is 23.9 Å². The minimum atomic E-state index is -0.192. The third kappa shape index (κ3) is 6.65. The number of hydrogen-bond donors (Lipinski definition) is 2. The van der Waals surface area contributed by atoms with Gasteiger partial charge in [-0.3, -0.25) is 9.59 Å². The summed E-state index contributed by atoms with van der Waals surface area (Å²) in [6.07, 6.45) is 8.25. The summed E-state index contributed by atoms with van der Waals surface area (Å²) < 4.78 is 5.37. The van der Waals surface area contributed by atoms with Crippen LogP contribution in [0.2, 0.25) is 0 Å². The number of nitrogens with one attached hydrogen (secondary N) is 2. The zero-order valence-electron chi connectivity index (χ0n) is 24.8. The average molecular weight is 568 g/mol. The molecular formula is C34H41N5O3. The number of nitrogens with zero attached hydrogens (tertiary/aromatic N) is 3. The van der Waals surface area contributed by atoms with Crippen LogP contribution in [0.15, 0.2) is 73.6 Å². The normalized spacial score (nSPS) is 19.2. The standard InChI is InChI=1S/C34H41N5O3/c1-5-39(29-15-14-28(21-29)37-34(41)30-7-6-8-31(42-4)23(30)2)32-16-11-26(22-35-32)33(40)36-27-12-9-24(10-13-27)25-17-19-38(3)20-18-25/h5-13,16,22,25,28-29H,1,14-15,17-21H2,2-4H3,(H,36,40)(H,37,41). The van der Waals surface area contributed by atoms with Crippen LogP contribution in [-0.4, -0.2) is 61.0 Å². The van der Waals surface area contributed by atoms with Gasteiger partial charge in [0.1, 0.15) is 11.6 Å². The molecule has 2 amide bonds. The van der Waals surface area contributed by atoms with Crippen LogP contribution in [0.1, 0.15) is 69.9 Å². The van der Waals surface area contributed by atoms with Crippen molar-refractivity contribution in [1.29, 1.82) is 0 Å². The van der Waals surface area contributed by atoms with E-state index in [4.69, 9.17) is 4.74 Å². The molecule has 5 rings (SSSR count). The Morgan fingerprint density at radius 1 is 1.02 bits per heavy atom. The van der Waals surface area contributed by atoms with E-state index < -0.39 is 0 Å². The fourth-order valence-corrected chi connectivity index (χ4v) is 6.17. The quantitative estimate of drug-likeness (QED) is 0.342. The zero-order chi connectivity index (χ0) is 29.6. The molecule has 8 heteroatoms. The summed E-state index contributed by atoms with van der Waals surface area (Å²) in [5.74, 6) is 1.73. The van der Waals surface area contributed by atoms with Crippen LogP contribution < -0.4 is 20.3 Å². The van der Waals surface area contributed by atoms with Gasteiger partial charge in [-0.25, -0.2) is 4.98 Å². The van der Waals surface area contributed by atoms with Crippen LogP contribution >= 0.6 is 0 Å². The highest BCUT2D eigenvalue weighted by molar-refractivity contribution is 6.04. The van der Waals surface area contributed by atoms with Gasteiger partial charge in [0, 0.05) is 35.1 Å². The Kier molecular flexibility index (Phi) is 9.22. The Balaban J connectivity index is 1.16. The van der Waals surface area contributed by atoms with Crippen molar-refractivity contribution in [1.82, 2.24) is 15.2 Å². The number of piperidine rings is 1. The molecule has 2 atom stereocenters. The minimum absolute atomic E-state index is 0.0476. The molecule has 2 heterocycles. The summed E-state index contributed by atoms with van der Waals surface area (Å²) in [6.45, 7) is 8.15. The average Bonchev–Trinajstić information content (AvgIpc) is 3.46. The molecule has 2 fully saturated rings. The van der Waals surface area contributed by atoms with E-state index >= 15 is 0 Å². The van der Waals surface area contributed by atoms with Crippen LogP contribution in [0, 0.1) is 6.92 Å². The molecule has 42 heavy (non-hydrogen) atoms. The van der Waals surface area contributed by atoms with E-state index in [0.29, 0.717) is 22.8 Å². The maximum Gasteiger partial charge on any atom is 0.257 e. The topological polar surface area (TPSA) is 86.8 Å². The van der Waals surface area contributed by atoms with Gasteiger partial charge in [-0.05, 0) is 113 Å². The van der Waals surface area contributed by atoms with Crippen LogP contribution in [0.25, 0.3) is 0 Å². The molecular weight excluding hydrogens is 526 g/mol. The number of aromatic nitrogens is 1. The van der Waals surface area contributed by atoms with Crippen molar-refractivity contribution in [3.8, 4) is 5.75 Å². The summed E-state index contributed by atoms with van der Waals surface area (Å²) >= 11 is 0. The summed E-state index contributed by atoms with van der Waals surface area (Å²) in [4.78, 5) is 34.9. The molecule has 2 unspecified atom stereocenters. The molecule has 1 saturated carbocycles. The monoisotopic (exact) mass is 567 g/mol. The summed E-state index contributed by atoms with van der Waals surface area (Å²) in [5, 5.41) is 6.18. The van der Waals surface area contributed by atoms with E-state index in [1.807, 2.05) is 48.2 Å². The van der Waals surface area contributed by atoms with Crippen molar-refractivity contribution in [2.75, 3.05) is 37.5 Å². The lowest BCUT2D eigenvalue weighted by molar-refractivity contribution is 0.0936. The lowest BCUT2D eigenvalue weighted by atomic mass is 9.89. The minimum Gasteiger partial charge on any atom is -0.496 e. The SMILES string of the molecule is C=CN(c1ccc(C(=O)Nc2ccc(C3CCN(C)CC3)cc2)cn1)C1CCC(NC(=O)c2cccc(OC)c2C)C1. The first kappa shape index (κ1) is 29.3. The molecule has 2 aromatic carbocycles. The first-order valence-electron chi connectivity index (χ1n) is 14.8. The molecule has 0 radical (unpaired) electrons. The lowest BCUT2D eigenvalue weighted by Gasteiger charge is -2.29. The summed E-state index contributed by atoms with van der Waals surface area (Å²) in [7, 11) is 3.78. The molecule has 2 aliphatic rings. The molecule has 0 spiro atoms. The Labute approximate surface area is 248 Å². The predicted octanol–water partition coefficient (Wildman–Crippen LogP) is 5.76. The molecule has 3 aromatic rings. The number of rotatable bonds is 9. The van der Waals surface area contributed by atoms with Gasteiger partial charge in [0.2, 0.25) is 0 Å². The van der Waals surface area contributed by atoms with E-state index in [1.165, 1.54) is 18.4 Å². The van der Waals surface area contributed by atoms with Crippen molar-refractivity contribution in [2.24, 2.45) is 0 Å². The van der Waals surface area contributed by atoms with Gasteiger partial charge < -0.3 is 25.2 Å². The lowest BCUT2D eigenvalue weighted by Crippen LogP contribution is -2.36. The molecule has 2 N–H and O–H groups in total. The Morgan fingerprint density at radius 3 is 2.45 bits per heavy atom. The number of carbonyl (C=O) groups is 2. The van der Waals surface area contributed by atoms with Crippen LogP contribution in [0.5, 0.6) is 5.75 Å². The number of hydrogen-bond acceptors (Lipinski definition) is 6. The predicted molar refractivity (Wildman–Crippen MR) is 167 cm³/mol. The molecule has 1 saturated heterocycles. The second kappa shape index (κ2) is 13.2. The highest BCUT2D eigenvalue weighted by Crippen LogP contribution is 2.30. The molecule has 8 nitrogen and oxygen atoms in total. The summed E-state index contributed by atoms with van der Waals surface area (Å²) in [6, 6.07) is 17.6. The molecule has 220 valence electrons. The fourth-order valence-electron chi connectivity index (χ4n) is 6.17. The number of methoxy groups -OCH3 is 1. The number of amides is 2. The van der Waals surface area contributed by atoms with Gasteiger partial charge in [-0.2, -0.15) is 0 Å². The van der Waals surface area contributed by atoms with E-state index in [9.17, 15) is 9.59 Å². The molecule has 1 aromatic heterocycles. The number of likely N-dealkylation sites (tertiary alicyclic amines) is 1. The second-order valence-corrected chi connectivity index (χ2v) is 11.4. The maximum absolute atomic E-state index is 13.0. The number of benzene rings is 2. The van der Waals surface area contributed by atoms with Gasteiger partial charge >= 0.3 is 0 Å². The van der Waals surface area contributed by atoms with Crippen LogP contribution in [-0.2, 0) is 0 Å². The van der Waals surface area contributed by atoms with Crippen molar-refractivity contribution >= 4 is 23.3 Å². The van der Waals surface area contributed by atoms with Gasteiger partial charge in [0.05, 0.1) is 12.7 Å². The van der Waals surface area contributed by atoms with Gasteiger partial charge in [-0.1, -0.05) is 24.8 Å². The number of pyridine rings is 1. The van der Waals surface area contributed by atoms with Crippen LogP contribution in [0.3, 0.4) is 0 Å². The third-order valence-corrected chi connectivity index (χ3v) is 8.71. The first-order chi connectivity index (χ1) is 20.4. The van der Waals surface area contributed by atoms with Crippen molar-refractivity contribution in [3.05, 3.63) is 95.8 Å². The largest absolute Gasteiger partial charge is 0.496 e. The van der Waals surface area contributed by atoms with Crippen molar-refractivity contribution < 1.29 is 14.3 Å². The maximum atomic E-state index is 13.0. The van der Waals surface area contributed by atoms with Crippen molar-refractivity contribution in [2.45, 2.75) is 57.0 Å². The van der Waals surface area contributed by atoms with Crippen molar-refractivity contribution in [3.63, 3.8) is 0 Å². The highest BCUT2D eigenvalue weighted by atomic mass is 16.5. The van der Waals surface area contributed by atoms with Gasteiger partial charge in [-0.15, -0.1) is 0 Å². The second-order valence-electron chi connectivity index (χ2n) is 11.4. The Bertz CT molecular complexity index is 1400. The number of carbonyl (C=O) groups excluding carboxylic acids is 2. The molecule has 1 aliphatic carbocycles. The van der Waals surface area contributed by atoms with Gasteiger partial charge in [0.25, 0.3) is 11.8 Å². The first-order valence-corrected chi connectivity index (χ1v) is 14.8. The smallest absolute Gasteiger partial charge is 0.257 e. The molecule has 1 aliphatic heterocycles. The Hall–Kier alpha value is -4.17. The van der Waals surface area contributed by atoms with Crippen LogP contribution in [0.4, 0.5) is 11.5 Å². The summed E-state index contributed by atoms with van der Waals surface area (Å²) in [5.41, 5.74) is 4.06. The Morgan fingerprint density at radius 2 is 1.79 bits per heavy atom. The van der Waals surface area contributed by atoms with E-state index in [1.54, 1.807) is 25.6 Å². The van der Waals surface area contributed by atoms with E-state index in [0.717, 1.165) is 49.4 Å². The zero-order valence-corrected chi connectivity index (χ0v) is 24.8. The number of ether oxygens (including phenoxy) is 1.